The summed E-state index contributed by atoms with van der Waals surface area (Å²) in [5.41, 5.74) is 1.40. The van der Waals surface area contributed by atoms with Crippen LogP contribution in [-0.4, -0.2) is 58.6 Å². The van der Waals surface area contributed by atoms with Crippen LogP contribution in [0.25, 0.3) is 0 Å². The molecule has 1 atom stereocenters. The van der Waals surface area contributed by atoms with Gasteiger partial charge < -0.3 is 14.7 Å². The first-order valence-electron chi connectivity index (χ1n) is 9.82. The second-order valence-electron chi connectivity index (χ2n) is 6.76. The molecule has 0 bridgehead atoms. The second kappa shape index (κ2) is 9.50. The monoisotopic (exact) mass is 370 g/mol. The zero-order valence-electron chi connectivity index (χ0n) is 16.6. The van der Waals surface area contributed by atoms with Gasteiger partial charge in [0.1, 0.15) is 6.54 Å². The lowest BCUT2D eigenvalue weighted by Crippen LogP contribution is -2.53. The number of piperazine rings is 1. The number of rotatable bonds is 6. The van der Waals surface area contributed by atoms with Crippen molar-refractivity contribution >= 4 is 5.96 Å². The van der Waals surface area contributed by atoms with Crippen molar-refractivity contribution in [1.82, 2.24) is 25.3 Å². The molecule has 0 spiro atoms. The predicted octanol–water partition coefficient (Wildman–Crippen LogP) is 2.61. The SMILES string of the molecule is CCNC(=NCc1nc(C)no1)N1CCN(C(CC)c2ccccc2)CC1. The largest absolute Gasteiger partial charge is 0.357 e. The van der Waals surface area contributed by atoms with E-state index in [9.17, 15) is 0 Å². The molecule has 0 radical (unpaired) electrons. The molecule has 2 aromatic rings. The van der Waals surface area contributed by atoms with Crippen LogP contribution in [0.15, 0.2) is 39.8 Å². The van der Waals surface area contributed by atoms with Gasteiger partial charge in [-0.25, -0.2) is 4.99 Å². The number of hydrogen-bond donors (Lipinski definition) is 1. The Labute approximate surface area is 161 Å². The molecular weight excluding hydrogens is 340 g/mol. The average Bonchev–Trinajstić information content (AvgIpc) is 3.12. The lowest BCUT2D eigenvalue weighted by molar-refractivity contribution is 0.127. The summed E-state index contributed by atoms with van der Waals surface area (Å²) < 4.78 is 5.17. The number of nitrogens with one attached hydrogen (secondary N) is 1. The highest BCUT2D eigenvalue weighted by Gasteiger charge is 2.25. The van der Waals surface area contributed by atoms with Gasteiger partial charge in [0.05, 0.1) is 0 Å². The van der Waals surface area contributed by atoms with E-state index >= 15 is 0 Å². The highest BCUT2D eigenvalue weighted by molar-refractivity contribution is 5.80. The average molecular weight is 371 g/mol. The maximum atomic E-state index is 5.17. The molecule has 1 aliphatic heterocycles. The third-order valence-electron chi connectivity index (χ3n) is 4.89. The topological polar surface area (TPSA) is 69.8 Å². The molecule has 7 nitrogen and oxygen atoms in total. The number of aliphatic imine (C=N–C) groups is 1. The van der Waals surface area contributed by atoms with E-state index in [0.717, 1.165) is 45.1 Å². The summed E-state index contributed by atoms with van der Waals surface area (Å²) in [5.74, 6) is 2.11. The summed E-state index contributed by atoms with van der Waals surface area (Å²) in [6.07, 6.45) is 1.12. The maximum absolute atomic E-state index is 5.17. The van der Waals surface area contributed by atoms with E-state index in [-0.39, 0.29) is 0 Å². The van der Waals surface area contributed by atoms with Gasteiger partial charge in [0, 0.05) is 38.8 Å². The summed E-state index contributed by atoms with van der Waals surface area (Å²) in [6.45, 7) is 11.4. The van der Waals surface area contributed by atoms with Crippen LogP contribution in [0, 0.1) is 6.92 Å². The Morgan fingerprint density at radius 2 is 1.93 bits per heavy atom. The number of guanidine groups is 1. The van der Waals surface area contributed by atoms with Gasteiger partial charge in [0.2, 0.25) is 5.89 Å². The zero-order valence-corrected chi connectivity index (χ0v) is 16.6. The van der Waals surface area contributed by atoms with Gasteiger partial charge >= 0.3 is 0 Å². The summed E-state index contributed by atoms with van der Waals surface area (Å²) >= 11 is 0. The molecule has 1 aromatic heterocycles. The molecule has 146 valence electrons. The molecule has 1 aromatic carbocycles. The fourth-order valence-corrected chi connectivity index (χ4v) is 3.60. The van der Waals surface area contributed by atoms with E-state index in [2.05, 4.69) is 74.4 Å². The molecule has 1 saturated heterocycles. The standard InChI is InChI=1S/C20H30N6O/c1-4-18(17-9-7-6-8-10-17)25-11-13-26(14-12-25)20(21-5-2)22-15-19-23-16(3)24-27-19/h6-10,18H,4-5,11-15H2,1-3H3,(H,21,22). The first-order valence-corrected chi connectivity index (χ1v) is 9.82. The van der Waals surface area contributed by atoms with Gasteiger partial charge in [-0.05, 0) is 25.8 Å². The van der Waals surface area contributed by atoms with E-state index in [0.29, 0.717) is 24.3 Å². The molecule has 1 unspecified atom stereocenters. The fourth-order valence-electron chi connectivity index (χ4n) is 3.60. The van der Waals surface area contributed by atoms with Gasteiger partial charge in [-0.15, -0.1) is 0 Å². The fraction of sp³-hybridized carbons (Fsp3) is 0.550. The number of aryl methyl sites for hydroxylation is 1. The summed E-state index contributed by atoms with van der Waals surface area (Å²) in [6, 6.07) is 11.3. The van der Waals surface area contributed by atoms with Crippen molar-refractivity contribution in [3.63, 3.8) is 0 Å². The molecule has 2 heterocycles. The zero-order chi connectivity index (χ0) is 19.1. The maximum Gasteiger partial charge on any atom is 0.248 e. The minimum atomic E-state index is 0.408. The highest BCUT2D eigenvalue weighted by Crippen LogP contribution is 2.25. The van der Waals surface area contributed by atoms with Crippen LogP contribution in [0.3, 0.4) is 0 Å². The van der Waals surface area contributed by atoms with Crippen LogP contribution < -0.4 is 5.32 Å². The Kier molecular flexibility index (Phi) is 6.81. The smallest absolute Gasteiger partial charge is 0.248 e. The Morgan fingerprint density at radius 1 is 1.19 bits per heavy atom. The molecule has 0 aliphatic carbocycles. The molecule has 7 heteroatoms. The molecule has 1 fully saturated rings. The van der Waals surface area contributed by atoms with Crippen LogP contribution in [0.2, 0.25) is 0 Å². The van der Waals surface area contributed by atoms with Crippen molar-refractivity contribution in [2.24, 2.45) is 4.99 Å². The summed E-state index contributed by atoms with van der Waals surface area (Å²) in [5, 5.41) is 7.21. The van der Waals surface area contributed by atoms with Crippen molar-refractivity contribution in [3.05, 3.63) is 47.6 Å². The molecule has 1 aliphatic rings. The van der Waals surface area contributed by atoms with E-state index in [1.165, 1.54) is 5.56 Å². The van der Waals surface area contributed by atoms with Crippen molar-refractivity contribution in [1.29, 1.82) is 0 Å². The van der Waals surface area contributed by atoms with Gasteiger partial charge in [-0.1, -0.05) is 42.4 Å². The second-order valence-corrected chi connectivity index (χ2v) is 6.76. The van der Waals surface area contributed by atoms with Crippen LogP contribution in [0.4, 0.5) is 0 Å². The molecule has 0 saturated carbocycles. The van der Waals surface area contributed by atoms with E-state index in [4.69, 9.17) is 4.52 Å². The van der Waals surface area contributed by atoms with Gasteiger partial charge in [0.15, 0.2) is 11.8 Å². The minimum Gasteiger partial charge on any atom is -0.357 e. The highest BCUT2D eigenvalue weighted by atomic mass is 16.5. The van der Waals surface area contributed by atoms with Gasteiger partial charge in [-0.2, -0.15) is 4.98 Å². The predicted molar refractivity (Wildman–Crippen MR) is 106 cm³/mol. The summed E-state index contributed by atoms with van der Waals surface area (Å²) in [4.78, 5) is 13.8. The Bertz CT molecular complexity index is 721. The van der Waals surface area contributed by atoms with Gasteiger partial charge in [0.25, 0.3) is 0 Å². The first-order chi connectivity index (χ1) is 13.2. The number of benzene rings is 1. The lowest BCUT2D eigenvalue weighted by atomic mass is 10.0. The number of nitrogens with zero attached hydrogens (tertiary/aromatic N) is 5. The molecule has 0 amide bonds. The van der Waals surface area contributed by atoms with Crippen LogP contribution in [-0.2, 0) is 6.54 Å². The first kappa shape index (κ1) is 19.4. The van der Waals surface area contributed by atoms with Crippen LogP contribution >= 0.6 is 0 Å². The van der Waals surface area contributed by atoms with E-state index in [1.807, 2.05) is 6.92 Å². The normalized spacial score (nSPS) is 17.1. The van der Waals surface area contributed by atoms with E-state index < -0.39 is 0 Å². The van der Waals surface area contributed by atoms with Crippen molar-refractivity contribution in [2.75, 3.05) is 32.7 Å². The van der Waals surface area contributed by atoms with Crippen molar-refractivity contribution in [2.45, 2.75) is 39.8 Å². The minimum absolute atomic E-state index is 0.408. The Hall–Kier alpha value is -2.41. The summed E-state index contributed by atoms with van der Waals surface area (Å²) in [7, 11) is 0. The number of aromatic nitrogens is 2. The Morgan fingerprint density at radius 3 is 2.52 bits per heavy atom. The van der Waals surface area contributed by atoms with Crippen LogP contribution in [0.1, 0.15) is 43.6 Å². The third kappa shape index (κ3) is 5.07. The van der Waals surface area contributed by atoms with Crippen molar-refractivity contribution in [3.8, 4) is 0 Å². The quantitative estimate of drug-likeness (QED) is 0.623. The molecular formula is C20H30N6O. The van der Waals surface area contributed by atoms with Gasteiger partial charge in [-0.3, -0.25) is 4.90 Å². The number of hydrogen-bond acceptors (Lipinski definition) is 5. The third-order valence-corrected chi connectivity index (χ3v) is 4.89. The molecule has 3 rings (SSSR count). The van der Waals surface area contributed by atoms with Crippen molar-refractivity contribution < 1.29 is 4.52 Å². The lowest BCUT2D eigenvalue weighted by Gasteiger charge is -2.40. The molecule has 27 heavy (non-hydrogen) atoms. The molecule has 1 N–H and O–H groups in total. The van der Waals surface area contributed by atoms with Crippen LogP contribution in [0.5, 0.6) is 0 Å². The van der Waals surface area contributed by atoms with E-state index in [1.54, 1.807) is 0 Å². The Balaban J connectivity index is 1.61.